The summed E-state index contributed by atoms with van der Waals surface area (Å²) >= 11 is 0. The highest BCUT2D eigenvalue weighted by Crippen LogP contribution is 2.24. The Morgan fingerprint density at radius 1 is 1.48 bits per heavy atom. The van der Waals surface area contributed by atoms with E-state index in [1.807, 2.05) is 0 Å². The molecule has 1 amide bonds. The number of hydrogen-bond donors (Lipinski definition) is 3. The Labute approximate surface area is 124 Å². The van der Waals surface area contributed by atoms with Crippen LogP contribution in [0.1, 0.15) is 19.3 Å². The second kappa shape index (κ2) is 7.28. The topological polar surface area (TPSA) is 87.8 Å². The number of methoxy groups -OCH3 is 1. The van der Waals surface area contributed by atoms with Crippen LogP contribution in [0, 0.1) is 0 Å². The van der Waals surface area contributed by atoms with Gasteiger partial charge in [-0.2, -0.15) is 0 Å². The minimum atomic E-state index is -0.186. The molecular weight excluding hydrogens is 270 g/mol. The highest BCUT2D eigenvalue weighted by molar-refractivity contribution is 5.94. The summed E-state index contributed by atoms with van der Waals surface area (Å²) in [5, 5.41) is 12.3. The second-order valence-corrected chi connectivity index (χ2v) is 5.32. The summed E-state index contributed by atoms with van der Waals surface area (Å²) in [4.78, 5) is 14.2. The zero-order chi connectivity index (χ0) is 15.2. The third kappa shape index (κ3) is 4.61. The number of nitrogens with one attached hydrogen (secondary N) is 1. The number of ether oxygens (including phenoxy) is 1. The van der Waals surface area contributed by atoms with Crippen molar-refractivity contribution in [1.82, 2.24) is 4.90 Å². The van der Waals surface area contributed by atoms with Crippen LogP contribution in [0.4, 0.5) is 11.4 Å². The van der Waals surface area contributed by atoms with Crippen LogP contribution < -0.4 is 15.8 Å². The molecule has 0 unspecified atom stereocenters. The minimum Gasteiger partial charge on any atom is -0.497 e. The van der Waals surface area contributed by atoms with E-state index in [0.29, 0.717) is 30.1 Å². The van der Waals surface area contributed by atoms with E-state index in [2.05, 4.69) is 10.2 Å². The molecule has 0 aromatic heterocycles. The maximum absolute atomic E-state index is 12.0. The van der Waals surface area contributed by atoms with Crippen molar-refractivity contribution in [3.63, 3.8) is 0 Å². The normalized spacial score (nSPS) is 16.7. The Balaban J connectivity index is 1.79. The first kappa shape index (κ1) is 15.6. The SMILES string of the molecule is COc1ccc(NC(=O)CCN2CCC(O)CC2)c(N)c1. The first-order valence-electron chi connectivity index (χ1n) is 7.22. The minimum absolute atomic E-state index is 0.0574. The summed E-state index contributed by atoms with van der Waals surface area (Å²) in [7, 11) is 1.57. The molecule has 1 aliphatic rings. The molecule has 4 N–H and O–H groups in total. The maximum atomic E-state index is 12.0. The predicted molar refractivity (Wildman–Crippen MR) is 82.3 cm³/mol. The molecule has 116 valence electrons. The van der Waals surface area contributed by atoms with Crippen LogP contribution in [0.3, 0.4) is 0 Å². The number of likely N-dealkylation sites (tertiary alicyclic amines) is 1. The zero-order valence-electron chi connectivity index (χ0n) is 12.3. The van der Waals surface area contributed by atoms with Gasteiger partial charge in [0.25, 0.3) is 0 Å². The summed E-state index contributed by atoms with van der Waals surface area (Å²) in [6.07, 6.45) is 1.80. The quantitative estimate of drug-likeness (QED) is 0.707. The van der Waals surface area contributed by atoms with Gasteiger partial charge < -0.3 is 25.8 Å². The van der Waals surface area contributed by atoms with Gasteiger partial charge in [-0.15, -0.1) is 0 Å². The lowest BCUT2D eigenvalue weighted by molar-refractivity contribution is -0.116. The van der Waals surface area contributed by atoms with Crippen LogP contribution in [0.5, 0.6) is 5.75 Å². The molecular formula is C15H23N3O3. The van der Waals surface area contributed by atoms with Gasteiger partial charge in [0.1, 0.15) is 5.75 Å². The van der Waals surface area contributed by atoms with Gasteiger partial charge in [-0.3, -0.25) is 4.79 Å². The van der Waals surface area contributed by atoms with Crippen molar-refractivity contribution >= 4 is 17.3 Å². The third-order valence-electron chi connectivity index (χ3n) is 3.75. The molecule has 1 saturated heterocycles. The van der Waals surface area contributed by atoms with Crippen LogP contribution in [0.25, 0.3) is 0 Å². The highest BCUT2D eigenvalue weighted by Gasteiger charge is 2.17. The van der Waals surface area contributed by atoms with E-state index in [0.717, 1.165) is 25.9 Å². The summed E-state index contributed by atoms with van der Waals surface area (Å²) in [6, 6.07) is 5.18. The Hall–Kier alpha value is -1.79. The Bertz CT molecular complexity index is 485. The van der Waals surface area contributed by atoms with E-state index >= 15 is 0 Å². The average molecular weight is 293 g/mol. The molecule has 6 heteroatoms. The molecule has 21 heavy (non-hydrogen) atoms. The molecule has 1 fully saturated rings. The second-order valence-electron chi connectivity index (χ2n) is 5.32. The highest BCUT2D eigenvalue weighted by atomic mass is 16.5. The number of carbonyl (C=O) groups is 1. The van der Waals surface area contributed by atoms with Gasteiger partial charge in [-0.1, -0.05) is 0 Å². The van der Waals surface area contributed by atoms with E-state index in [-0.39, 0.29) is 12.0 Å². The standard InChI is InChI=1S/C15H23N3O3/c1-21-12-2-3-14(13(16)10-12)17-15(20)6-9-18-7-4-11(19)5-8-18/h2-3,10-11,19H,4-9,16H2,1H3,(H,17,20). The van der Waals surface area contributed by atoms with Crippen molar-refractivity contribution in [2.45, 2.75) is 25.4 Å². The smallest absolute Gasteiger partial charge is 0.225 e. The molecule has 0 radical (unpaired) electrons. The number of anilines is 2. The molecule has 0 aliphatic carbocycles. The summed E-state index contributed by atoms with van der Waals surface area (Å²) in [6.45, 7) is 2.40. The lowest BCUT2D eigenvalue weighted by Gasteiger charge is -2.29. The first-order valence-corrected chi connectivity index (χ1v) is 7.22. The molecule has 0 spiro atoms. The molecule has 1 aliphatic heterocycles. The number of nitrogen functional groups attached to an aromatic ring is 1. The van der Waals surface area contributed by atoms with Gasteiger partial charge in [-0.25, -0.2) is 0 Å². The van der Waals surface area contributed by atoms with Gasteiger partial charge in [0, 0.05) is 32.1 Å². The molecule has 1 aromatic rings. The molecule has 1 aromatic carbocycles. The van der Waals surface area contributed by atoms with Crippen molar-refractivity contribution in [3.05, 3.63) is 18.2 Å². The Kier molecular flexibility index (Phi) is 5.41. The van der Waals surface area contributed by atoms with Gasteiger partial charge in [0.2, 0.25) is 5.91 Å². The summed E-state index contributed by atoms with van der Waals surface area (Å²) < 4.78 is 5.07. The van der Waals surface area contributed by atoms with Crippen molar-refractivity contribution in [2.75, 3.05) is 37.8 Å². The van der Waals surface area contributed by atoms with Crippen LogP contribution >= 0.6 is 0 Å². The summed E-state index contributed by atoms with van der Waals surface area (Å²) in [5.74, 6) is 0.607. The molecule has 1 heterocycles. The number of rotatable bonds is 5. The fourth-order valence-corrected chi connectivity index (χ4v) is 2.40. The lowest BCUT2D eigenvalue weighted by Crippen LogP contribution is -2.37. The number of aliphatic hydroxyl groups excluding tert-OH is 1. The Morgan fingerprint density at radius 3 is 2.81 bits per heavy atom. The van der Waals surface area contributed by atoms with E-state index in [1.165, 1.54) is 0 Å². The molecule has 0 atom stereocenters. The van der Waals surface area contributed by atoms with E-state index in [4.69, 9.17) is 10.5 Å². The molecule has 0 bridgehead atoms. The first-order chi connectivity index (χ1) is 10.1. The van der Waals surface area contributed by atoms with Gasteiger partial charge in [-0.05, 0) is 25.0 Å². The summed E-state index contributed by atoms with van der Waals surface area (Å²) in [5.41, 5.74) is 6.96. The number of nitrogens with two attached hydrogens (primary N) is 1. The van der Waals surface area contributed by atoms with E-state index in [1.54, 1.807) is 25.3 Å². The number of nitrogens with zero attached hydrogens (tertiary/aromatic N) is 1. The largest absolute Gasteiger partial charge is 0.497 e. The number of hydrogen-bond acceptors (Lipinski definition) is 5. The average Bonchev–Trinajstić information content (AvgIpc) is 2.48. The number of benzene rings is 1. The van der Waals surface area contributed by atoms with Gasteiger partial charge >= 0.3 is 0 Å². The van der Waals surface area contributed by atoms with E-state index < -0.39 is 0 Å². The van der Waals surface area contributed by atoms with Crippen LogP contribution in [0.15, 0.2) is 18.2 Å². The van der Waals surface area contributed by atoms with Crippen molar-refractivity contribution in [3.8, 4) is 5.75 Å². The number of piperidine rings is 1. The van der Waals surface area contributed by atoms with E-state index in [9.17, 15) is 9.90 Å². The van der Waals surface area contributed by atoms with Crippen molar-refractivity contribution in [2.24, 2.45) is 0 Å². The number of amides is 1. The third-order valence-corrected chi connectivity index (χ3v) is 3.75. The zero-order valence-corrected chi connectivity index (χ0v) is 12.3. The van der Waals surface area contributed by atoms with Crippen LogP contribution in [-0.2, 0) is 4.79 Å². The lowest BCUT2D eigenvalue weighted by atomic mass is 10.1. The number of aliphatic hydroxyl groups is 1. The molecule has 2 rings (SSSR count). The molecule has 0 saturated carbocycles. The fourth-order valence-electron chi connectivity index (χ4n) is 2.40. The van der Waals surface area contributed by atoms with Gasteiger partial charge in [0.15, 0.2) is 0 Å². The Morgan fingerprint density at radius 2 is 2.19 bits per heavy atom. The van der Waals surface area contributed by atoms with Crippen molar-refractivity contribution < 1.29 is 14.6 Å². The molecule has 6 nitrogen and oxygen atoms in total. The van der Waals surface area contributed by atoms with Crippen LogP contribution in [0.2, 0.25) is 0 Å². The van der Waals surface area contributed by atoms with Gasteiger partial charge in [0.05, 0.1) is 24.6 Å². The van der Waals surface area contributed by atoms with Crippen LogP contribution in [-0.4, -0.2) is 48.8 Å². The van der Waals surface area contributed by atoms with Crippen molar-refractivity contribution in [1.29, 1.82) is 0 Å². The fraction of sp³-hybridized carbons (Fsp3) is 0.533. The monoisotopic (exact) mass is 293 g/mol. The predicted octanol–water partition coefficient (Wildman–Crippen LogP) is 1.06. The number of carbonyl (C=O) groups excluding carboxylic acids is 1. The maximum Gasteiger partial charge on any atom is 0.225 e.